The fraction of sp³-hybridized carbons (Fsp3) is 0. The summed E-state index contributed by atoms with van der Waals surface area (Å²) in [4.78, 5) is 39.6. The Hall–Kier alpha value is -3.22. The summed E-state index contributed by atoms with van der Waals surface area (Å²) in [6, 6.07) is 8.46. The number of fused-ring (bicyclic) bond motifs is 2. The van der Waals surface area contributed by atoms with Crippen LogP contribution in [0.2, 0.25) is 0 Å². The third-order valence-corrected chi connectivity index (χ3v) is 3.19. The van der Waals surface area contributed by atoms with Gasteiger partial charge in [0.05, 0.1) is 5.56 Å². The number of aromatic hydroxyl groups is 1. The van der Waals surface area contributed by atoms with E-state index in [0.29, 0.717) is 0 Å². The molecule has 0 aromatic heterocycles. The molecule has 0 aliphatic heterocycles. The van der Waals surface area contributed by atoms with Crippen LogP contribution in [0.1, 0.15) is 31.8 Å². The Morgan fingerprint density at radius 3 is 2.19 bits per heavy atom. The maximum Gasteiger partial charge on any atom is 0.299 e. The van der Waals surface area contributed by atoms with Crippen LogP contribution in [0.4, 0.5) is 0 Å². The van der Waals surface area contributed by atoms with Gasteiger partial charge in [0.1, 0.15) is 5.75 Å². The van der Waals surface area contributed by atoms with Crippen molar-refractivity contribution in [2.24, 2.45) is 0 Å². The molecule has 0 heterocycles. The highest BCUT2D eigenvalue weighted by Crippen LogP contribution is 2.38. The summed E-state index contributed by atoms with van der Waals surface area (Å²) in [5.74, 6) is -2.25. The van der Waals surface area contributed by atoms with Crippen LogP contribution in [0.5, 0.6) is 11.5 Å². The third-order valence-electron chi connectivity index (χ3n) is 3.19. The highest BCUT2D eigenvalue weighted by molar-refractivity contribution is 6.29. The molecule has 0 fully saturated rings. The van der Waals surface area contributed by atoms with Crippen molar-refractivity contribution in [1.82, 2.24) is 0 Å². The lowest BCUT2D eigenvalue weighted by atomic mass is 9.83. The average Bonchev–Trinajstić information content (AvgIpc) is 2.46. The Morgan fingerprint density at radius 1 is 0.952 bits per heavy atom. The molecule has 0 amide bonds. The molecule has 2 aromatic carbocycles. The van der Waals surface area contributed by atoms with Crippen molar-refractivity contribution in [1.29, 1.82) is 0 Å². The largest absolute Gasteiger partial charge is 0.506 e. The molecule has 0 radical (unpaired) electrons. The first-order valence-electron chi connectivity index (χ1n) is 5.87. The minimum absolute atomic E-state index is 0.0339. The zero-order valence-electron chi connectivity index (χ0n) is 10.4. The lowest BCUT2D eigenvalue weighted by Gasteiger charge is -2.19. The molecule has 0 saturated heterocycles. The van der Waals surface area contributed by atoms with E-state index in [-0.39, 0.29) is 22.3 Å². The molecule has 21 heavy (non-hydrogen) atoms. The maximum absolute atomic E-state index is 12.4. The van der Waals surface area contributed by atoms with E-state index in [0.717, 1.165) is 6.07 Å². The Balaban J connectivity index is 2.30. The van der Waals surface area contributed by atoms with E-state index >= 15 is 0 Å². The van der Waals surface area contributed by atoms with E-state index in [2.05, 4.69) is 4.84 Å². The summed E-state index contributed by atoms with van der Waals surface area (Å²) in [6.07, 6.45) is 0. The number of carbonyl (C=O) groups is 2. The van der Waals surface area contributed by atoms with E-state index in [1.807, 2.05) is 0 Å². The number of phenolic OH excluding ortho intramolecular Hbond substituents is 1. The number of phenols is 1. The van der Waals surface area contributed by atoms with Crippen LogP contribution >= 0.6 is 0 Å². The van der Waals surface area contributed by atoms with Gasteiger partial charge in [-0.05, 0) is 12.1 Å². The summed E-state index contributed by atoms with van der Waals surface area (Å²) in [5.41, 5.74) is 0.00490. The molecule has 2 aromatic rings. The molecule has 1 aliphatic carbocycles. The van der Waals surface area contributed by atoms with Crippen LogP contribution in [-0.4, -0.2) is 21.8 Å². The summed E-state index contributed by atoms with van der Waals surface area (Å²) in [7, 11) is 0. The zero-order valence-corrected chi connectivity index (χ0v) is 10.4. The first kappa shape index (κ1) is 12.8. The van der Waals surface area contributed by atoms with Gasteiger partial charge in [0, 0.05) is 16.7 Å². The van der Waals surface area contributed by atoms with E-state index in [4.69, 9.17) is 0 Å². The van der Waals surface area contributed by atoms with Crippen molar-refractivity contribution >= 4 is 11.6 Å². The standard InChI is InChI=1S/C14H7NO6/c16-10-6-5-9-11(14(10)21-15(19)20)13(18)8-4-2-1-3-7(8)12(9)17/h1-6,16H. The van der Waals surface area contributed by atoms with Crippen molar-refractivity contribution in [2.75, 3.05) is 0 Å². The normalized spacial score (nSPS) is 12.6. The molecule has 7 heteroatoms. The minimum Gasteiger partial charge on any atom is -0.506 e. The number of hydrogen-bond acceptors (Lipinski definition) is 6. The maximum atomic E-state index is 12.4. The number of benzene rings is 2. The smallest absolute Gasteiger partial charge is 0.299 e. The summed E-state index contributed by atoms with van der Waals surface area (Å²) < 4.78 is 0. The summed E-state index contributed by atoms with van der Waals surface area (Å²) in [5, 5.41) is 19.0. The topological polar surface area (TPSA) is 107 Å². The number of carbonyl (C=O) groups excluding carboxylic acids is 2. The van der Waals surface area contributed by atoms with Crippen LogP contribution in [0.25, 0.3) is 0 Å². The van der Waals surface area contributed by atoms with Gasteiger partial charge in [0.25, 0.3) is 5.09 Å². The van der Waals surface area contributed by atoms with Crippen molar-refractivity contribution in [2.45, 2.75) is 0 Å². The monoisotopic (exact) mass is 285 g/mol. The second kappa shape index (κ2) is 4.41. The molecular formula is C14H7NO6. The molecular weight excluding hydrogens is 278 g/mol. The Morgan fingerprint density at radius 2 is 1.57 bits per heavy atom. The Kier molecular flexibility index (Phi) is 2.69. The lowest BCUT2D eigenvalue weighted by molar-refractivity contribution is -0.711. The molecule has 3 rings (SSSR count). The number of hydrogen-bond donors (Lipinski definition) is 1. The SMILES string of the molecule is O=C1c2ccccc2C(=O)c2c1ccc(O)c2O[N+](=O)[O-]. The predicted octanol–water partition coefficient (Wildman–Crippen LogP) is 1.74. The van der Waals surface area contributed by atoms with Crippen molar-refractivity contribution in [3.8, 4) is 11.5 Å². The average molecular weight is 285 g/mol. The molecule has 7 nitrogen and oxygen atoms in total. The zero-order chi connectivity index (χ0) is 15.1. The fourth-order valence-corrected chi connectivity index (χ4v) is 2.31. The minimum atomic E-state index is -1.15. The third kappa shape index (κ3) is 1.83. The molecule has 1 N–H and O–H groups in total. The van der Waals surface area contributed by atoms with Gasteiger partial charge in [-0.3, -0.25) is 14.4 Å². The van der Waals surface area contributed by atoms with Gasteiger partial charge in [0.15, 0.2) is 17.3 Å². The van der Waals surface area contributed by atoms with Crippen molar-refractivity contribution in [3.63, 3.8) is 0 Å². The molecule has 0 saturated carbocycles. The lowest BCUT2D eigenvalue weighted by Crippen LogP contribution is -2.22. The van der Waals surface area contributed by atoms with Crippen LogP contribution in [-0.2, 0) is 0 Å². The highest BCUT2D eigenvalue weighted by atomic mass is 17.0. The quantitative estimate of drug-likeness (QED) is 0.567. The number of ketones is 2. The Labute approximate surface area is 117 Å². The second-order valence-corrected chi connectivity index (χ2v) is 4.36. The fourth-order valence-electron chi connectivity index (χ4n) is 2.31. The van der Waals surface area contributed by atoms with Gasteiger partial charge in [0.2, 0.25) is 0 Å². The number of nitrogens with zero attached hydrogens (tertiary/aromatic N) is 1. The van der Waals surface area contributed by atoms with Crippen LogP contribution < -0.4 is 4.84 Å². The highest BCUT2D eigenvalue weighted by Gasteiger charge is 2.33. The predicted molar refractivity (Wildman–Crippen MR) is 69.0 cm³/mol. The van der Waals surface area contributed by atoms with Gasteiger partial charge in [-0.15, -0.1) is 10.1 Å². The van der Waals surface area contributed by atoms with E-state index < -0.39 is 28.2 Å². The summed E-state index contributed by atoms with van der Waals surface area (Å²) >= 11 is 0. The molecule has 0 bridgehead atoms. The van der Waals surface area contributed by atoms with E-state index in [1.54, 1.807) is 12.1 Å². The molecule has 0 unspecified atom stereocenters. The Bertz CT molecular complexity index is 811. The second-order valence-electron chi connectivity index (χ2n) is 4.36. The van der Waals surface area contributed by atoms with Gasteiger partial charge < -0.3 is 5.11 Å². The van der Waals surface area contributed by atoms with E-state index in [9.17, 15) is 24.8 Å². The molecule has 1 aliphatic rings. The van der Waals surface area contributed by atoms with Crippen molar-refractivity contribution in [3.05, 3.63) is 68.8 Å². The first-order valence-corrected chi connectivity index (χ1v) is 5.87. The molecule has 0 spiro atoms. The van der Waals surface area contributed by atoms with Gasteiger partial charge in [-0.25, -0.2) is 0 Å². The van der Waals surface area contributed by atoms with Crippen LogP contribution in [0, 0.1) is 10.1 Å². The van der Waals surface area contributed by atoms with Crippen LogP contribution in [0.15, 0.2) is 36.4 Å². The number of rotatable bonds is 2. The van der Waals surface area contributed by atoms with Gasteiger partial charge >= 0.3 is 0 Å². The van der Waals surface area contributed by atoms with Crippen molar-refractivity contribution < 1.29 is 24.6 Å². The van der Waals surface area contributed by atoms with Crippen LogP contribution in [0.3, 0.4) is 0 Å². The van der Waals surface area contributed by atoms with Gasteiger partial charge in [-0.2, -0.15) is 0 Å². The summed E-state index contributed by atoms with van der Waals surface area (Å²) in [6.45, 7) is 0. The molecule has 104 valence electrons. The molecule has 0 atom stereocenters. The van der Waals surface area contributed by atoms with Gasteiger partial charge in [-0.1, -0.05) is 24.3 Å². The van der Waals surface area contributed by atoms with E-state index in [1.165, 1.54) is 18.2 Å². The first-order chi connectivity index (χ1) is 10.0.